The molecule has 0 amide bonds. The van der Waals surface area contributed by atoms with Crippen molar-refractivity contribution in [2.24, 2.45) is 5.92 Å². The van der Waals surface area contributed by atoms with Crippen LogP contribution in [-0.2, 0) is 4.79 Å². The minimum absolute atomic E-state index is 0.292. The molecule has 0 aliphatic carbocycles. The van der Waals surface area contributed by atoms with Crippen LogP contribution in [-0.4, -0.2) is 35.1 Å². The Labute approximate surface area is 79.7 Å². The Morgan fingerprint density at radius 2 is 2.31 bits per heavy atom. The fourth-order valence-electron chi connectivity index (χ4n) is 2.04. The molecular weight excluding hydrogens is 166 g/mol. The molecule has 1 fully saturated rings. The normalized spacial score (nSPS) is 24.1. The van der Waals surface area contributed by atoms with Gasteiger partial charge in [0.15, 0.2) is 0 Å². The van der Waals surface area contributed by atoms with Crippen LogP contribution in [0.15, 0.2) is 0 Å². The molecule has 0 aromatic heterocycles. The van der Waals surface area contributed by atoms with Gasteiger partial charge in [0.05, 0.1) is 6.42 Å². The molecule has 1 rings (SSSR count). The van der Waals surface area contributed by atoms with Crippen molar-refractivity contribution in [2.45, 2.75) is 39.2 Å². The van der Waals surface area contributed by atoms with Crippen molar-refractivity contribution < 1.29 is 9.90 Å². The average Bonchev–Trinajstić information content (AvgIpc) is 2.34. The highest BCUT2D eigenvalue weighted by Crippen LogP contribution is 2.20. The van der Waals surface area contributed by atoms with Gasteiger partial charge in [-0.1, -0.05) is 13.8 Å². The summed E-state index contributed by atoms with van der Waals surface area (Å²) < 4.78 is 0. The van der Waals surface area contributed by atoms with E-state index in [2.05, 4.69) is 18.7 Å². The van der Waals surface area contributed by atoms with E-state index in [0.29, 0.717) is 18.4 Å². The van der Waals surface area contributed by atoms with Gasteiger partial charge in [0.2, 0.25) is 0 Å². The molecule has 13 heavy (non-hydrogen) atoms. The molecule has 1 aliphatic rings. The van der Waals surface area contributed by atoms with Crippen LogP contribution in [0.4, 0.5) is 0 Å². The van der Waals surface area contributed by atoms with Gasteiger partial charge in [-0.2, -0.15) is 0 Å². The highest BCUT2D eigenvalue weighted by molar-refractivity contribution is 5.67. The SMILES string of the molecule is CC(C)CN1CCCC1CC(=O)O. The Balaban J connectivity index is 2.39. The van der Waals surface area contributed by atoms with Crippen molar-refractivity contribution in [1.82, 2.24) is 4.90 Å². The lowest BCUT2D eigenvalue weighted by molar-refractivity contribution is -0.138. The zero-order chi connectivity index (χ0) is 9.84. The number of carboxylic acid groups (broad SMARTS) is 1. The summed E-state index contributed by atoms with van der Waals surface area (Å²) in [7, 11) is 0. The van der Waals surface area contributed by atoms with Crippen molar-refractivity contribution in [3.63, 3.8) is 0 Å². The van der Waals surface area contributed by atoms with E-state index in [4.69, 9.17) is 5.11 Å². The Morgan fingerprint density at radius 1 is 1.62 bits per heavy atom. The number of aliphatic carboxylic acids is 1. The largest absolute Gasteiger partial charge is 0.481 e. The molecule has 1 heterocycles. The Hall–Kier alpha value is -0.570. The second kappa shape index (κ2) is 4.61. The van der Waals surface area contributed by atoms with E-state index in [0.717, 1.165) is 25.9 Å². The van der Waals surface area contributed by atoms with Crippen molar-refractivity contribution in [1.29, 1.82) is 0 Å². The van der Waals surface area contributed by atoms with Gasteiger partial charge in [-0.25, -0.2) is 0 Å². The predicted octanol–water partition coefficient (Wildman–Crippen LogP) is 1.58. The molecule has 0 bridgehead atoms. The van der Waals surface area contributed by atoms with Crippen LogP contribution in [0, 0.1) is 5.92 Å². The molecule has 0 aromatic rings. The summed E-state index contributed by atoms with van der Waals surface area (Å²) in [4.78, 5) is 12.9. The number of likely N-dealkylation sites (tertiary alicyclic amines) is 1. The summed E-state index contributed by atoms with van der Waals surface area (Å²) >= 11 is 0. The summed E-state index contributed by atoms with van der Waals surface area (Å²) in [6.07, 6.45) is 2.52. The molecule has 0 spiro atoms. The molecule has 1 saturated heterocycles. The van der Waals surface area contributed by atoms with Crippen molar-refractivity contribution in [3.8, 4) is 0 Å². The fraction of sp³-hybridized carbons (Fsp3) is 0.900. The molecule has 1 N–H and O–H groups in total. The van der Waals surface area contributed by atoms with Gasteiger partial charge in [0.1, 0.15) is 0 Å². The zero-order valence-electron chi connectivity index (χ0n) is 8.49. The number of nitrogens with zero attached hydrogens (tertiary/aromatic N) is 1. The number of hydrogen-bond acceptors (Lipinski definition) is 2. The Bertz CT molecular complexity index is 180. The minimum Gasteiger partial charge on any atom is -0.481 e. The van der Waals surface area contributed by atoms with Gasteiger partial charge < -0.3 is 5.11 Å². The molecule has 3 nitrogen and oxygen atoms in total. The third-order valence-corrected chi connectivity index (χ3v) is 2.51. The molecule has 1 aliphatic heterocycles. The average molecular weight is 185 g/mol. The van der Waals surface area contributed by atoms with Gasteiger partial charge in [0, 0.05) is 12.6 Å². The van der Waals surface area contributed by atoms with E-state index in [1.54, 1.807) is 0 Å². The lowest BCUT2D eigenvalue weighted by atomic mass is 10.1. The topological polar surface area (TPSA) is 40.5 Å². The van der Waals surface area contributed by atoms with Crippen molar-refractivity contribution in [2.75, 3.05) is 13.1 Å². The first-order valence-electron chi connectivity index (χ1n) is 5.05. The second-order valence-electron chi connectivity index (χ2n) is 4.28. The first-order valence-corrected chi connectivity index (χ1v) is 5.05. The van der Waals surface area contributed by atoms with Gasteiger partial charge >= 0.3 is 5.97 Å². The maximum absolute atomic E-state index is 10.6. The summed E-state index contributed by atoms with van der Waals surface area (Å²) in [6, 6.07) is 0.292. The van der Waals surface area contributed by atoms with E-state index >= 15 is 0 Å². The molecule has 3 heteroatoms. The molecule has 1 atom stereocenters. The lowest BCUT2D eigenvalue weighted by Crippen LogP contribution is -2.34. The third kappa shape index (κ3) is 3.35. The lowest BCUT2D eigenvalue weighted by Gasteiger charge is -2.24. The van der Waals surface area contributed by atoms with Gasteiger partial charge in [-0.3, -0.25) is 9.69 Å². The minimum atomic E-state index is -0.666. The molecule has 0 radical (unpaired) electrons. The van der Waals surface area contributed by atoms with E-state index < -0.39 is 5.97 Å². The fourth-order valence-corrected chi connectivity index (χ4v) is 2.04. The van der Waals surface area contributed by atoms with E-state index in [1.807, 2.05) is 0 Å². The van der Waals surface area contributed by atoms with Crippen LogP contribution in [0.1, 0.15) is 33.1 Å². The first-order chi connectivity index (χ1) is 6.09. The van der Waals surface area contributed by atoms with E-state index in [-0.39, 0.29) is 0 Å². The number of carboxylic acids is 1. The second-order valence-corrected chi connectivity index (χ2v) is 4.28. The maximum Gasteiger partial charge on any atom is 0.304 e. The third-order valence-electron chi connectivity index (χ3n) is 2.51. The van der Waals surface area contributed by atoms with Crippen LogP contribution in [0.25, 0.3) is 0 Å². The highest BCUT2D eigenvalue weighted by atomic mass is 16.4. The van der Waals surface area contributed by atoms with Crippen LogP contribution in [0.5, 0.6) is 0 Å². The van der Waals surface area contributed by atoms with Crippen LogP contribution < -0.4 is 0 Å². The summed E-state index contributed by atoms with van der Waals surface area (Å²) in [5.74, 6) is -0.0324. The maximum atomic E-state index is 10.6. The van der Waals surface area contributed by atoms with Crippen molar-refractivity contribution in [3.05, 3.63) is 0 Å². The monoisotopic (exact) mass is 185 g/mol. The number of carbonyl (C=O) groups is 1. The van der Waals surface area contributed by atoms with Crippen LogP contribution >= 0.6 is 0 Å². The number of rotatable bonds is 4. The number of hydrogen-bond donors (Lipinski definition) is 1. The predicted molar refractivity (Wildman–Crippen MR) is 51.7 cm³/mol. The molecular formula is C10H19NO2. The van der Waals surface area contributed by atoms with E-state index in [9.17, 15) is 4.79 Å². The summed E-state index contributed by atoms with van der Waals surface area (Å²) in [5, 5.41) is 8.70. The Kier molecular flexibility index (Phi) is 3.72. The molecule has 0 aromatic carbocycles. The van der Waals surface area contributed by atoms with Gasteiger partial charge in [-0.15, -0.1) is 0 Å². The summed E-state index contributed by atoms with van der Waals surface area (Å²) in [5.41, 5.74) is 0. The van der Waals surface area contributed by atoms with Crippen LogP contribution in [0.2, 0.25) is 0 Å². The molecule has 1 unspecified atom stereocenters. The van der Waals surface area contributed by atoms with Crippen LogP contribution in [0.3, 0.4) is 0 Å². The van der Waals surface area contributed by atoms with Gasteiger partial charge in [0.25, 0.3) is 0 Å². The zero-order valence-corrected chi connectivity index (χ0v) is 8.49. The smallest absolute Gasteiger partial charge is 0.304 e. The standard InChI is InChI=1S/C10H19NO2/c1-8(2)7-11-5-3-4-9(11)6-10(12)13/h8-9H,3-7H2,1-2H3,(H,12,13). The quantitative estimate of drug-likeness (QED) is 0.723. The van der Waals surface area contributed by atoms with E-state index in [1.165, 1.54) is 0 Å². The summed E-state index contributed by atoms with van der Waals surface area (Å²) in [6.45, 7) is 6.47. The van der Waals surface area contributed by atoms with Gasteiger partial charge in [-0.05, 0) is 25.3 Å². The van der Waals surface area contributed by atoms with Crippen molar-refractivity contribution >= 4 is 5.97 Å². The molecule has 0 saturated carbocycles. The first kappa shape index (κ1) is 10.5. The molecule has 76 valence electrons. The Morgan fingerprint density at radius 3 is 2.85 bits per heavy atom. The highest BCUT2D eigenvalue weighted by Gasteiger charge is 2.26.